The van der Waals surface area contributed by atoms with Crippen LogP contribution in [0.1, 0.15) is 13.3 Å². The van der Waals surface area contributed by atoms with Crippen molar-refractivity contribution >= 4 is 22.8 Å². The molecule has 1 aromatic heterocycles. The van der Waals surface area contributed by atoms with Gasteiger partial charge in [0.05, 0.1) is 11.0 Å². The zero-order chi connectivity index (χ0) is 16.8. The van der Waals surface area contributed by atoms with E-state index in [-0.39, 0.29) is 6.03 Å². The van der Waals surface area contributed by atoms with Crippen LogP contribution in [0.3, 0.4) is 0 Å². The van der Waals surface area contributed by atoms with Crippen molar-refractivity contribution < 1.29 is 9.53 Å². The molecule has 2 aromatic carbocycles. The SMILES string of the molecule is CCCNC(=O)Nc1cccc(Oc2ccc3nccnc3c2)c1. The summed E-state index contributed by atoms with van der Waals surface area (Å²) < 4.78 is 5.85. The first-order valence-electron chi connectivity index (χ1n) is 7.78. The lowest BCUT2D eigenvalue weighted by atomic mass is 10.2. The molecule has 1 heterocycles. The van der Waals surface area contributed by atoms with Crippen molar-refractivity contribution in [2.75, 3.05) is 11.9 Å². The highest BCUT2D eigenvalue weighted by molar-refractivity contribution is 5.89. The second-order valence-corrected chi connectivity index (χ2v) is 5.22. The number of anilines is 1. The first-order chi connectivity index (χ1) is 11.7. The Morgan fingerprint density at radius 2 is 1.83 bits per heavy atom. The van der Waals surface area contributed by atoms with Gasteiger partial charge in [0.1, 0.15) is 11.5 Å². The number of nitrogens with zero attached hydrogens (tertiary/aromatic N) is 2. The third-order valence-corrected chi connectivity index (χ3v) is 3.30. The minimum atomic E-state index is -0.227. The lowest BCUT2D eigenvalue weighted by Gasteiger charge is -2.10. The maximum atomic E-state index is 11.7. The van der Waals surface area contributed by atoms with Crippen molar-refractivity contribution in [2.24, 2.45) is 0 Å². The number of ether oxygens (including phenoxy) is 1. The van der Waals surface area contributed by atoms with E-state index in [9.17, 15) is 4.79 Å². The van der Waals surface area contributed by atoms with Gasteiger partial charge in [0.2, 0.25) is 0 Å². The Balaban J connectivity index is 1.72. The zero-order valence-corrected chi connectivity index (χ0v) is 13.3. The van der Waals surface area contributed by atoms with Gasteiger partial charge in [-0.2, -0.15) is 0 Å². The third-order valence-electron chi connectivity index (χ3n) is 3.30. The molecule has 0 aliphatic carbocycles. The Labute approximate surface area is 139 Å². The molecule has 3 rings (SSSR count). The molecule has 2 N–H and O–H groups in total. The summed E-state index contributed by atoms with van der Waals surface area (Å²) in [5, 5.41) is 5.54. The fourth-order valence-corrected chi connectivity index (χ4v) is 2.19. The standard InChI is InChI=1S/C18H18N4O2/c1-2-8-21-18(23)22-13-4-3-5-14(11-13)24-15-6-7-16-17(12-15)20-10-9-19-16/h3-7,9-12H,2,8H2,1H3,(H2,21,22,23). The predicted octanol–water partition coefficient (Wildman–Crippen LogP) is 3.95. The molecule has 0 unspecified atom stereocenters. The van der Waals surface area contributed by atoms with Crippen LogP contribution in [0.2, 0.25) is 0 Å². The van der Waals surface area contributed by atoms with Crippen LogP contribution in [0.4, 0.5) is 10.5 Å². The molecule has 0 spiro atoms. The Morgan fingerprint density at radius 3 is 2.67 bits per heavy atom. The maximum Gasteiger partial charge on any atom is 0.319 e. The van der Waals surface area contributed by atoms with Gasteiger partial charge in [0, 0.05) is 36.8 Å². The number of aromatic nitrogens is 2. The molecule has 0 saturated carbocycles. The van der Waals surface area contributed by atoms with Crippen LogP contribution in [0, 0.1) is 0 Å². The highest BCUT2D eigenvalue weighted by Gasteiger charge is 2.04. The van der Waals surface area contributed by atoms with Crippen molar-refractivity contribution in [1.29, 1.82) is 0 Å². The molecule has 0 aliphatic rings. The molecule has 3 aromatic rings. The molecule has 0 atom stereocenters. The first-order valence-corrected chi connectivity index (χ1v) is 7.78. The van der Waals surface area contributed by atoms with Crippen molar-refractivity contribution in [3.63, 3.8) is 0 Å². The van der Waals surface area contributed by atoms with E-state index in [1.165, 1.54) is 0 Å². The van der Waals surface area contributed by atoms with Crippen LogP contribution < -0.4 is 15.4 Å². The van der Waals surface area contributed by atoms with Crippen LogP contribution in [-0.2, 0) is 0 Å². The van der Waals surface area contributed by atoms with E-state index in [2.05, 4.69) is 20.6 Å². The van der Waals surface area contributed by atoms with E-state index in [0.29, 0.717) is 23.7 Å². The summed E-state index contributed by atoms with van der Waals surface area (Å²) >= 11 is 0. The molecule has 2 amide bonds. The van der Waals surface area contributed by atoms with Crippen molar-refractivity contribution in [3.05, 3.63) is 54.9 Å². The molecule has 0 fully saturated rings. The second kappa shape index (κ2) is 7.41. The Bertz CT molecular complexity index is 851. The van der Waals surface area contributed by atoms with Crippen molar-refractivity contribution in [1.82, 2.24) is 15.3 Å². The number of amides is 2. The first kappa shape index (κ1) is 15.7. The fraction of sp³-hybridized carbons (Fsp3) is 0.167. The van der Waals surface area contributed by atoms with Crippen LogP contribution in [0.25, 0.3) is 11.0 Å². The van der Waals surface area contributed by atoms with Gasteiger partial charge in [-0.1, -0.05) is 13.0 Å². The van der Waals surface area contributed by atoms with Crippen LogP contribution in [0.15, 0.2) is 54.9 Å². The summed E-state index contributed by atoms with van der Waals surface area (Å²) in [7, 11) is 0. The van der Waals surface area contributed by atoms with Gasteiger partial charge in [0.15, 0.2) is 0 Å². The molecule has 0 saturated heterocycles. The third kappa shape index (κ3) is 3.98. The van der Waals surface area contributed by atoms with E-state index in [1.54, 1.807) is 18.5 Å². The van der Waals surface area contributed by atoms with Crippen molar-refractivity contribution in [3.8, 4) is 11.5 Å². The summed E-state index contributed by atoms with van der Waals surface area (Å²) in [6.07, 6.45) is 4.19. The Morgan fingerprint density at radius 1 is 1.04 bits per heavy atom. The van der Waals surface area contributed by atoms with Gasteiger partial charge in [-0.05, 0) is 30.7 Å². The van der Waals surface area contributed by atoms with E-state index in [0.717, 1.165) is 17.5 Å². The average molecular weight is 322 g/mol. The van der Waals surface area contributed by atoms with Crippen molar-refractivity contribution in [2.45, 2.75) is 13.3 Å². The number of rotatable bonds is 5. The number of benzene rings is 2. The second-order valence-electron chi connectivity index (χ2n) is 5.22. The molecule has 0 radical (unpaired) electrons. The van der Waals surface area contributed by atoms with Gasteiger partial charge in [-0.25, -0.2) is 4.79 Å². The highest BCUT2D eigenvalue weighted by atomic mass is 16.5. The molecule has 24 heavy (non-hydrogen) atoms. The molecular weight excluding hydrogens is 304 g/mol. The monoisotopic (exact) mass is 322 g/mol. The lowest BCUT2D eigenvalue weighted by Crippen LogP contribution is -2.29. The molecule has 0 aliphatic heterocycles. The predicted molar refractivity (Wildman–Crippen MR) is 93.4 cm³/mol. The highest BCUT2D eigenvalue weighted by Crippen LogP contribution is 2.26. The zero-order valence-electron chi connectivity index (χ0n) is 13.3. The molecule has 122 valence electrons. The van der Waals surface area contributed by atoms with Gasteiger partial charge < -0.3 is 15.4 Å². The number of hydrogen-bond acceptors (Lipinski definition) is 4. The van der Waals surface area contributed by atoms with Crippen LogP contribution in [0.5, 0.6) is 11.5 Å². The summed E-state index contributed by atoms with van der Waals surface area (Å²) in [5.74, 6) is 1.29. The number of hydrogen-bond donors (Lipinski definition) is 2. The normalized spacial score (nSPS) is 10.4. The molecule has 0 bridgehead atoms. The quantitative estimate of drug-likeness (QED) is 0.745. The van der Waals surface area contributed by atoms with Gasteiger partial charge in [-0.3, -0.25) is 9.97 Å². The van der Waals surface area contributed by atoms with Gasteiger partial charge in [-0.15, -0.1) is 0 Å². The maximum absolute atomic E-state index is 11.7. The smallest absolute Gasteiger partial charge is 0.319 e. The Hall–Kier alpha value is -3.15. The van der Waals surface area contributed by atoms with E-state index < -0.39 is 0 Å². The number of carbonyl (C=O) groups excluding carboxylic acids is 1. The van der Waals surface area contributed by atoms with E-state index in [1.807, 2.05) is 43.3 Å². The summed E-state index contributed by atoms with van der Waals surface area (Å²) in [5.41, 5.74) is 2.25. The van der Waals surface area contributed by atoms with Crippen LogP contribution >= 0.6 is 0 Å². The number of carbonyl (C=O) groups is 1. The Kier molecular flexibility index (Phi) is 4.86. The fourth-order valence-electron chi connectivity index (χ4n) is 2.19. The summed E-state index contributed by atoms with van der Waals surface area (Å²) in [6.45, 7) is 2.64. The topological polar surface area (TPSA) is 76.1 Å². The van der Waals surface area contributed by atoms with Gasteiger partial charge >= 0.3 is 6.03 Å². The van der Waals surface area contributed by atoms with Gasteiger partial charge in [0.25, 0.3) is 0 Å². The lowest BCUT2D eigenvalue weighted by molar-refractivity contribution is 0.252. The largest absolute Gasteiger partial charge is 0.457 e. The average Bonchev–Trinajstić information content (AvgIpc) is 2.60. The molecular formula is C18H18N4O2. The number of nitrogens with one attached hydrogen (secondary N) is 2. The summed E-state index contributed by atoms with van der Waals surface area (Å²) in [4.78, 5) is 20.2. The minimum absolute atomic E-state index is 0.227. The van der Waals surface area contributed by atoms with E-state index >= 15 is 0 Å². The van der Waals surface area contributed by atoms with E-state index in [4.69, 9.17) is 4.74 Å². The van der Waals surface area contributed by atoms with Crippen LogP contribution in [-0.4, -0.2) is 22.5 Å². The minimum Gasteiger partial charge on any atom is -0.457 e. The summed E-state index contributed by atoms with van der Waals surface area (Å²) in [6, 6.07) is 12.5. The molecule has 6 heteroatoms. The number of fused-ring (bicyclic) bond motifs is 1. The molecule has 6 nitrogen and oxygen atoms in total. The number of urea groups is 1.